The first-order valence-corrected chi connectivity index (χ1v) is 7.81. The maximum Gasteiger partial charge on any atom is 0.0795 e. The van der Waals surface area contributed by atoms with Crippen LogP contribution in [0, 0.1) is 5.92 Å². The number of nitrogens with one attached hydrogen (secondary N) is 1. The molecule has 0 saturated heterocycles. The van der Waals surface area contributed by atoms with Gasteiger partial charge in [-0.25, -0.2) is 0 Å². The molecule has 0 bridgehead atoms. The molecule has 3 heteroatoms. The standard InChI is InChI=1S/C17H28N2O/c1-3-19(12-15-8-7-9-15)13-17(14-20,18-2)16-10-5-4-6-11-16/h4-6,10-11,15,18,20H,3,7-9,12-14H2,1-2H3. The second kappa shape index (κ2) is 7.21. The lowest BCUT2D eigenvalue weighted by Crippen LogP contribution is -2.53. The van der Waals surface area contributed by atoms with Crippen molar-refractivity contribution in [3.05, 3.63) is 35.9 Å². The van der Waals surface area contributed by atoms with Crippen molar-refractivity contribution >= 4 is 0 Å². The van der Waals surface area contributed by atoms with Crippen molar-refractivity contribution in [3.63, 3.8) is 0 Å². The monoisotopic (exact) mass is 276 g/mol. The summed E-state index contributed by atoms with van der Waals surface area (Å²) in [5.41, 5.74) is 0.804. The molecule has 1 saturated carbocycles. The van der Waals surface area contributed by atoms with E-state index in [2.05, 4.69) is 29.3 Å². The fraction of sp³-hybridized carbons (Fsp3) is 0.647. The van der Waals surface area contributed by atoms with E-state index >= 15 is 0 Å². The van der Waals surface area contributed by atoms with Crippen LogP contribution in [0.4, 0.5) is 0 Å². The lowest BCUT2D eigenvalue weighted by atomic mass is 9.84. The Balaban J connectivity index is 2.10. The molecule has 2 rings (SSSR count). The Morgan fingerprint density at radius 2 is 2.00 bits per heavy atom. The average molecular weight is 276 g/mol. The lowest BCUT2D eigenvalue weighted by Gasteiger charge is -2.39. The highest BCUT2D eigenvalue weighted by Gasteiger charge is 2.32. The Labute approximate surface area is 123 Å². The van der Waals surface area contributed by atoms with Gasteiger partial charge < -0.3 is 15.3 Å². The Morgan fingerprint density at radius 1 is 1.30 bits per heavy atom. The van der Waals surface area contributed by atoms with Gasteiger partial charge in [-0.2, -0.15) is 0 Å². The molecule has 0 aliphatic heterocycles. The van der Waals surface area contributed by atoms with Gasteiger partial charge in [0.1, 0.15) is 0 Å². The second-order valence-electron chi connectivity index (χ2n) is 5.98. The number of nitrogens with zero attached hydrogens (tertiary/aromatic N) is 1. The Morgan fingerprint density at radius 3 is 2.45 bits per heavy atom. The van der Waals surface area contributed by atoms with Crippen molar-refractivity contribution in [2.45, 2.75) is 31.7 Å². The first-order chi connectivity index (χ1) is 9.74. The number of likely N-dealkylation sites (N-methyl/N-ethyl adjacent to an activating group) is 2. The first kappa shape index (κ1) is 15.5. The van der Waals surface area contributed by atoms with Gasteiger partial charge in [0, 0.05) is 13.1 Å². The summed E-state index contributed by atoms with van der Waals surface area (Å²) in [6.07, 6.45) is 4.12. The summed E-state index contributed by atoms with van der Waals surface area (Å²) in [4.78, 5) is 2.48. The molecule has 1 aromatic carbocycles. The molecule has 112 valence electrons. The summed E-state index contributed by atoms with van der Waals surface area (Å²) in [6, 6.07) is 10.3. The van der Waals surface area contributed by atoms with Gasteiger partial charge in [-0.3, -0.25) is 0 Å². The molecular formula is C17H28N2O. The SMILES string of the molecule is CCN(CC1CCC1)CC(CO)(NC)c1ccccc1. The predicted molar refractivity (Wildman–Crippen MR) is 83.7 cm³/mol. The summed E-state index contributed by atoms with van der Waals surface area (Å²) in [5, 5.41) is 13.4. The first-order valence-electron chi connectivity index (χ1n) is 7.81. The van der Waals surface area contributed by atoms with Gasteiger partial charge in [0.15, 0.2) is 0 Å². The molecule has 0 spiro atoms. The van der Waals surface area contributed by atoms with E-state index in [1.165, 1.54) is 19.3 Å². The molecule has 20 heavy (non-hydrogen) atoms. The smallest absolute Gasteiger partial charge is 0.0795 e. The number of hydrogen-bond donors (Lipinski definition) is 2. The van der Waals surface area contributed by atoms with Crippen molar-refractivity contribution in [3.8, 4) is 0 Å². The molecule has 0 amide bonds. The Kier molecular flexibility index (Phi) is 5.58. The van der Waals surface area contributed by atoms with Crippen LogP contribution in [0.25, 0.3) is 0 Å². The van der Waals surface area contributed by atoms with Crippen molar-refractivity contribution in [2.75, 3.05) is 33.3 Å². The van der Waals surface area contributed by atoms with E-state index in [-0.39, 0.29) is 12.1 Å². The van der Waals surface area contributed by atoms with Crippen molar-refractivity contribution in [1.82, 2.24) is 10.2 Å². The van der Waals surface area contributed by atoms with Gasteiger partial charge in [0.25, 0.3) is 0 Å². The molecule has 1 aromatic rings. The Bertz CT molecular complexity index is 385. The number of hydrogen-bond acceptors (Lipinski definition) is 3. The van der Waals surface area contributed by atoms with E-state index in [9.17, 15) is 5.11 Å². The highest BCUT2D eigenvalue weighted by Crippen LogP contribution is 2.29. The molecule has 0 aromatic heterocycles. The minimum absolute atomic E-state index is 0.120. The molecular weight excluding hydrogens is 248 g/mol. The third kappa shape index (κ3) is 3.40. The topological polar surface area (TPSA) is 35.5 Å². The van der Waals surface area contributed by atoms with E-state index < -0.39 is 0 Å². The zero-order valence-corrected chi connectivity index (χ0v) is 12.8. The van der Waals surface area contributed by atoms with Crippen LogP contribution in [0.5, 0.6) is 0 Å². The fourth-order valence-corrected chi connectivity index (χ4v) is 3.02. The number of aliphatic hydroxyl groups excluding tert-OH is 1. The van der Waals surface area contributed by atoms with E-state index in [4.69, 9.17) is 0 Å². The molecule has 0 radical (unpaired) electrons. The Hall–Kier alpha value is -0.900. The van der Waals surface area contributed by atoms with Crippen LogP contribution in [0.2, 0.25) is 0 Å². The zero-order chi connectivity index (χ0) is 14.4. The highest BCUT2D eigenvalue weighted by molar-refractivity contribution is 5.25. The number of aliphatic hydroxyl groups is 1. The summed E-state index contributed by atoms with van der Waals surface area (Å²) in [7, 11) is 1.94. The van der Waals surface area contributed by atoms with Crippen LogP contribution in [-0.2, 0) is 5.54 Å². The molecule has 1 unspecified atom stereocenters. The van der Waals surface area contributed by atoms with E-state index in [1.54, 1.807) is 0 Å². The van der Waals surface area contributed by atoms with Gasteiger partial charge in [0.05, 0.1) is 12.1 Å². The van der Waals surface area contributed by atoms with Crippen LogP contribution in [0.3, 0.4) is 0 Å². The minimum Gasteiger partial charge on any atom is -0.394 e. The summed E-state index contributed by atoms with van der Waals surface area (Å²) in [6.45, 7) is 5.38. The van der Waals surface area contributed by atoms with Crippen molar-refractivity contribution < 1.29 is 5.11 Å². The average Bonchev–Trinajstić information content (AvgIpc) is 2.47. The van der Waals surface area contributed by atoms with Crippen molar-refractivity contribution in [2.24, 2.45) is 5.92 Å². The summed E-state index contributed by atoms with van der Waals surface area (Å²) >= 11 is 0. The second-order valence-corrected chi connectivity index (χ2v) is 5.98. The maximum atomic E-state index is 9.99. The lowest BCUT2D eigenvalue weighted by molar-refractivity contribution is 0.0944. The predicted octanol–water partition coefficient (Wildman–Crippen LogP) is 2.22. The normalized spacial score (nSPS) is 18.8. The van der Waals surface area contributed by atoms with Gasteiger partial charge in [-0.15, -0.1) is 0 Å². The van der Waals surface area contributed by atoms with Gasteiger partial charge in [0.2, 0.25) is 0 Å². The van der Waals surface area contributed by atoms with Crippen LogP contribution in [0.1, 0.15) is 31.7 Å². The minimum atomic E-state index is -0.360. The van der Waals surface area contributed by atoms with Crippen LogP contribution < -0.4 is 5.32 Å². The quantitative estimate of drug-likeness (QED) is 0.764. The third-order valence-corrected chi connectivity index (χ3v) is 4.76. The molecule has 1 aliphatic carbocycles. The zero-order valence-electron chi connectivity index (χ0n) is 12.8. The summed E-state index contributed by atoms with van der Waals surface area (Å²) in [5.74, 6) is 0.860. The molecule has 1 fully saturated rings. The van der Waals surface area contributed by atoms with Crippen LogP contribution in [0.15, 0.2) is 30.3 Å². The summed E-state index contributed by atoms with van der Waals surface area (Å²) < 4.78 is 0. The van der Waals surface area contributed by atoms with E-state index in [0.29, 0.717) is 0 Å². The number of benzene rings is 1. The van der Waals surface area contributed by atoms with Crippen LogP contribution in [-0.4, -0.2) is 43.3 Å². The molecule has 0 heterocycles. The third-order valence-electron chi connectivity index (χ3n) is 4.76. The highest BCUT2D eigenvalue weighted by atomic mass is 16.3. The van der Waals surface area contributed by atoms with E-state index in [0.717, 1.165) is 31.1 Å². The molecule has 1 atom stereocenters. The number of rotatable bonds is 8. The fourth-order valence-electron chi connectivity index (χ4n) is 3.02. The molecule has 2 N–H and O–H groups in total. The van der Waals surface area contributed by atoms with Crippen LogP contribution >= 0.6 is 0 Å². The maximum absolute atomic E-state index is 9.99. The van der Waals surface area contributed by atoms with Gasteiger partial charge in [-0.05, 0) is 37.9 Å². The van der Waals surface area contributed by atoms with Crippen molar-refractivity contribution in [1.29, 1.82) is 0 Å². The molecule has 1 aliphatic rings. The van der Waals surface area contributed by atoms with Gasteiger partial charge in [-0.1, -0.05) is 43.7 Å². The van der Waals surface area contributed by atoms with Gasteiger partial charge >= 0.3 is 0 Å². The van der Waals surface area contributed by atoms with E-state index in [1.807, 2.05) is 25.2 Å². The molecule has 3 nitrogen and oxygen atoms in total. The largest absolute Gasteiger partial charge is 0.394 e.